The summed E-state index contributed by atoms with van der Waals surface area (Å²) < 4.78 is 7.96. The van der Waals surface area contributed by atoms with E-state index >= 15 is 0 Å². The van der Waals surface area contributed by atoms with Crippen LogP contribution in [0.4, 0.5) is 11.8 Å². The molecule has 1 aliphatic heterocycles. The summed E-state index contributed by atoms with van der Waals surface area (Å²) in [7, 11) is 1.75. The molecule has 1 atom stereocenters. The lowest BCUT2D eigenvalue weighted by molar-refractivity contribution is 0.260. The first-order valence-electron chi connectivity index (χ1n) is 11.8. The van der Waals surface area contributed by atoms with Crippen LogP contribution in [0.1, 0.15) is 57.1 Å². The van der Waals surface area contributed by atoms with Gasteiger partial charge in [0.25, 0.3) is 0 Å². The Kier molecular flexibility index (Phi) is 7.15. The number of aromatic nitrogens is 3. The molecule has 0 saturated carbocycles. The number of rotatable bonds is 10. The number of nitrogens with one attached hydrogen (secondary N) is 1. The van der Waals surface area contributed by atoms with Crippen LogP contribution < -0.4 is 15.8 Å². The number of nitrogens with zero attached hydrogens (tertiary/aromatic N) is 4. The van der Waals surface area contributed by atoms with Crippen molar-refractivity contribution in [3.05, 3.63) is 41.6 Å². The predicted molar refractivity (Wildman–Crippen MR) is 131 cm³/mol. The Morgan fingerprint density at radius 2 is 2.06 bits per heavy atom. The summed E-state index contributed by atoms with van der Waals surface area (Å²) >= 11 is 0. The van der Waals surface area contributed by atoms with Gasteiger partial charge < -0.3 is 20.4 Å². The average molecular weight is 437 g/mol. The standard InChI is InChI=1S/C25H36N6O/c1-4-5-6-12-27-24-23-21(28-25(26)29-24)11-14-31(23)17-20-10-9-19(15-22(20)32-3)16-30-13-7-8-18(30)2/h9-11,14-15,18H,4-8,12-13,16-17H2,1-3H3,(H3,26,27,28,29). The molecule has 2 aromatic heterocycles. The molecule has 0 spiro atoms. The Morgan fingerprint density at radius 1 is 1.19 bits per heavy atom. The van der Waals surface area contributed by atoms with E-state index in [0.29, 0.717) is 18.5 Å². The molecule has 0 amide bonds. The maximum atomic E-state index is 5.96. The van der Waals surface area contributed by atoms with Crippen molar-refractivity contribution in [1.82, 2.24) is 19.4 Å². The summed E-state index contributed by atoms with van der Waals surface area (Å²) in [6.45, 7) is 8.23. The first-order chi connectivity index (χ1) is 15.6. The van der Waals surface area contributed by atoms with Crippen LogP contribution in [0.5, 0.6) is 5.75 Å². The molecule has 3 N–H and O–H groups in total. The summed E-state index contributed by atoms with van der Waals surface area (Å²) in [6.07, 6.45) is 8.11. The van der Waals surface area contributed by atoms with Gasteiger partial charge in [0, 0.05) is 30.9 Å². The normalized spacial score (nSPS) is 16.7. The van der Waals surface area contributed by atoms with Crippen molar-refractivity contribution >= 4 is 22.8 Å². The molecule has 3 heterocycles. The number of nitrogen functional groups attached to an aromatic ring is 1. The molecule has 172 valence electrons. The van der Waals surface area contributed by atoms with Crippen LogP contribution >= 0.6 is 0 Å². The minimum Gasteiger partial charge on any atom is -0.496 e. The van der Waals surface area contributed by atoms with Crippen LogP contribution in [0.15, 0.2) is 30.5 Å². The number of benzene rings is 1. The second-order valence-corrected chi connectivity index (χ2v) is 8.85. The Bertz CT molecular complexity index is 1050. The third-order valence-corrected chi connectivity index (χ3v) is 6.47. The minimum atomic E-state index is 0.298. The van der Waals surface area contributed by atoms with E-state index in [1.54, 1.807) is 7.11 Å². The zero-order chi connectivity index (χ0) is 22.5. The van der Waals surface area contributed by atoms with Crippen LogP contribution in [0.3, 0.4) is 0 Å². The van der Waals surface area contributed by atoms with Gasteiger partial charge in [0.2, 0.25) is 5.95 Å². The largest absolute Gasteiger partial charge is 0.496 e. The molecule has 1 unspecified atom stereocenters. The van der Waals surface area contributed by atoms with E-state index in [4.69, 9.17) is 10.5 Å². The number of methoxy groups -OCH3 is 1. The number of likely N-dealkylation sites (tertiary alicyclic amines) is 1. The first kappa shape index (κ1) is 22.4. The lowest BCUT2D eigenvalue weighted by Crippen LogP contribution is -2.26. The van der Waals surface area contributed by atoms with Crippen molar-refractivity contribution in [1.29, 1.82) is 0 Å². The maximum absolute atomic E-state index is 5.96. The number of fused-ring (bicyclic) bond motifs is 1. The third kappa shape index (κ3) is 4.99. The minimum absolute atomic E-state index is 0.298. The van der Waals surface area contributed by atoms with E-state index in [2.05, 4.69) is 63.0 Å². The van der Waals surface area contributed by atoms with Crippen molar-refractivity contribution in [2.75, 3.05) is 31.2 Å². The van der Waals surface area contributed by atoms with Gasteiger partial charge in [0.05, 0.1) is 19.2 Å². The second-order valence-electron chi connectivity index (χ2n) is 8.85. The number of hydrogen-bond donors (Lipinski definition) is 2. The summed E-state index contributed by atoms with van der Waals surface area (Å²) in [5, 5.41) is 3.47. The van der Waals surface area contributed by atoms with Gasteiger partial charge in [-0.1, -0.05) is 31.9 Å². The number of unbranched alkanes of at least 4 members (excludes halogenated alkanes) is 2. The number of nitrogens with two attached hydrogens (primary N) is 1. The van der Waals surface area contributed by atoms with Crippen LogP contribution in [0, 0.1) is 0 Å². The van der Waals surface area contributed by atoms with Crippen LogP contribution in [-0.2, 0) is 13.1 Å². The topological polar surface area (TPSA) is 81.2 Å². The summed E-state index contributed by atoms with van der Waals surface area (Å²) in [4.78, 5) is 11.5. The fourth-order valence-electron chi connectivity index (χ4n) is 4.63. The molecule has 0 radical (unpaired) electrons. The van der Waals surface area contributed by atoms with E-state index < -0.39 is 0 Å². The molecule has 7 heteroatoms. The molecule has 32 heavy (non-hydrogen) atoms. The van der Waals surface area contributed by atoms with Gasteiger partial charge in [-0.2, -0.15) is 4.98 Å². The summed E-state index contributed by atoms with van der Waals surface area (Å²) in [5.41, 5.74) is 10.2. The summed E-state index contributed by atoms with van der Waals surface area (Å²) in [5.74, 6) is 2.02. The molecule has 1 aliphatic rings. The van der Waals surface area contributed by atoms with Crippen LogP contribution in [0.2, 0.25) is 0 Å². The van der Waals surface area contributed by atoms with E-state index in [9.17, 15) is 0 Å². The molecule has 1 saturated heterocycles. The molecule has 3 aromatic rings. The first-order valence-corrected chi connectivity index (χ1v) is 11.8. The maximum Gasteiger partial charge on any atom is 0.222 e. The van der Waals surface area contributed by atoms with E-state index in [-0.39, 0.29) is 0 Å². The Hall–Kier alpha value is -2.80. The zero-order valence-corrected chi connectivity index (χ0v) is 19.6. The van der Waals surface area contributed by atoms with Gasteiger partial charge in [0.1, 0.15) is 11.3 Å². The van der Waals surface area contributed by atoms with Crippen LogP contribution in [0.25, 0.3) is 11.0 Å². The molecule has 0 aliphatic carbocycles. The van der Waals surface area contributed by atoms with Gasteiger partial charge in [-0.25, -0.2) is 4.98 Å². The molecule has 7 nitrogen and oxygen atoms in total. The molecular formula is C25H36N6O. The van der Waals surface area contributed by atoms with Gasteiger partial charge >= 0.3 is 0 Å². The molecule has 1 fully saturated rings. The predicted octanol–water partition coefficient (Wildman–Crippen LogP) is 4.66. The Morgan fingerprint density at radius 3 is 2.81 bits per heavy atom. The van der Waals surface area contributed by atoms with Gasteiger partial charge in [0.15, 0.2) is 5.82 Å². The number of ether oxygens (including phenoxy) is 1. The van der Waals surface area contributed by atoms with Crippen LogP contribution in [-0.4, -0.2) is 45.7 Å². The average Bonchev–Trinajstić information content (AvgIpc) is 3.38. The van der Waals surface area contributed by atoms with E-state index in [1.807, 2.05) is 6.07 Å². The monoisotopic (exact) mass is 436 g/mol. The fourth-order valence-corrected chi connectivity index (χ4v) is 4.63. The highest BCUT2D eigenvalue weighted by Gasteiger charge is 2.20. The van der Waals surface area contributed by atoms with E-state index in [1.165, 1.54) is 37.8 Å². The van der Waals surface area contributed by atoms with Crippen molar-refractivity contribution in [2.24, 2.45) is 0 Å². The highest BCUT2D eigenvalue weighted by atomic mass is 16.5. The lowest BCUT2D eigenvalue weighted by Gasteiger charge is -2.21. The molecule has 4 rings (SSSR count). The quantitative estimate of drug-likeness (QED) is 0.450. The SMILES string of the molecule is CCCCCNc1nc(N)nc2ccn(Cc3ccc(CN4CCCC4C)cc3OC)c12. The van der Waals surface area contributed by atoms with Gasteiger partial charge in [-0.3, -0.25) is 4.90 Å². The molecule has 1 aromatic carbocycles. The van der Waals surface area contributed by atoms with Crippen molar-refractivity contribution in [2.45, 2.75) is 65.1 Å². The zero-order valence-electron chi connectivity index (χ0n) is 19.6. The second kappa shape index (κ2) is 10.2. The summed E-state index contributed by atoms with van der Waals surface area (Å²) in [6, 6.07) is 9.26. The highest BCUT2D eigenvalue weighted by Crippen LogP contribution is 2.28. The highest BCUT2D eigenvalue weighted by molar-refractivity contribution is 5.87. The van der Waals surface area contributed by atoms with Gasteiger partial charge in [-0.05, 0) is 50.4 Å². The molecular weight excluding hydrogens is 400 g/mol. The third-order valence-electron chi connectivity index (χ3n) is 6.47. The Labute approximate surface area is 191 Å². The molecule has 0 bridgehead atoms. The number of anilines is 2. The fraction of sp³-hybridized carbons (Fsp3) is 0.520. The van der Waals surface area contributed by atoms with E-state index in [0.717, 1.165) is 47.7 Å². The van der Waals surface area contributed by atoms with Crippen molar-refractivity contribution in [3.8, 4) is 5.75 Å². The van der Waals surface area contributed by atoms with Crippen molar-refractivity contribution < 1.29 is 4.74 Å². The number of hydrogen-bond acceptors (Lipinski definition) is 6. The van der Waals surface area contributed by atoms with Crippen molar-refractivity contribution in [3.63, 3.8) is 0 Å². The van der Waals surface area contributed by atoms with Gasteiger partial charge in [-0.15, -0.1) is 0 Å². The Balaban J connectivity index is 1.57. The smallest absolute Gasteiger partial charge is 0.222 e. The lowest BCUT2D eigenvalue weighted by atomic mass is 10.1.